The summed E-state index contributed by atoms with van der Waals surface area (Å²) >= 11 is 0. The van der Waals surface area contributed by atoms with Gasteiger partial charge in [-0.05, 0) is 30.3 Å². The quantitative estimate of drug-likeness (QED) is 0.790. The Kier molecular flexibility index (Phi) is 2.44. The second-order valence-corrected chi connectivity index (χ2v) is 3.99. The van der Waals surface area contributed by atoms with Crippen molar-refractivity contribution in [3.8, 4) is 0 Å². The van der Waals surface area contributed by atoms with Crippen molar-refractivity contribution in [1.82, 2.24) is 4.98 Å². The molecule has 0 atom stereocenters. The number of amides is 1. The number of anilines is 1. The van der Waals surface area contributed by atoms with Gasteiger partial charge in [-0.25, -0.2) is 4.39 Å². The van der Waals surface area contributed by atoms with E-state index in [1.807, 2.05) is 12.1 Å². The number of nitrogens with zero attached hydrogens (tertiary/aromatic N) is 1. The Balaban J connectivity index is 2.20. The van der Waals surface area contributed by atoms with E-state index in [9.17, 15) is 9.18 Å². The van der Waals surface area contributed by atoms with Crippen LogP contribution < -0.4 is 5.32 Å². The van der Waals surface area contributed by atoms with Gasteiger partial charge in [-0.3, -0.25) is 9.79 Å². The molecule has 2 N–H and O–H groups in total. The number of benzodiazepines with no additional fused rings is 1. The Morgan fingerprint density at radius 2 is 2.17 bits per heavy atom. The first-order valence-electron chi connectivity index (χ1n) is 5.52. The molecule has 18 heavy (non-hydrogen) atoms. The highest BCUT2D eigenvalue weighted by atomic mass is 19.1. The van der Waals surface area contributed by atoms with Gasteiger partial charge in [0.05, 0.1) is 17.1 Å². The van der Waals surface area contributed by atoms with Crippen molar-refractivity contribution in [1.29, 1.82) is 0 Å². The van der Waals surface area contributed by atoms with Gasteiger partial charge in [0.1, 0.15) is 12.4 Å². The molecule has 90 valence electrons. The number of nitrogens with one attached hydrogen (secondary N) is 2. The van der Waals surface area contributed by atoms with E-state index in [-0.39, 0.29) is 18.3 Å². The Morgan fingerprint density at radius 1 is 1.28 bits per heavy atom. The Morgan fingerprint density at radius 3 is 2.94 bits per heavy atom. The number of aromatic nitrogens is 1. The van der Waals surface area contributed by atoms with Crippen molar-refractivity contribution in [2.45, 2.75) is 0 Å². The van der Waals surface area contributed by atoms with Crippen molar-refractivity contribution in [2.24, 2.45) is 4.99 Å². The van der Waals surface area contributed by atoms with Crippen LogP contribution >= 0.6 is 0 Å². The van der Waals surface area contributed by atoms with Gasteiger partial charge in [0, 0.05) is 11.8 Å². The van der Waals surface area contributed by atoms with Crippen LogP contribution in [0, 0.1) is 5.82 Å². The van der Waals surface area contributed by atoms with Gasteiger partial charge in [-0.15, -0.1) is 0 Å². The normalized spacial score (nSPS) is 14.5. The minimum atomic E-state index is -0.357. The molecule has 0 bridgehead atoms. The third-order valence-electron chi connectivity index (χ3n) is 2.74. The zero-order chi connectivity index (χ0) is 12.5. The van der Waals surface area contributed by atoms with E-state index in [4.69, 9.17) is 0 Å². The summed E-state index contributed by atoms with van der Waals surface area (Å²) in [6, 6.07) is 7.91. The molecule has 1 aliphatic rings. The molecule has 1 amide bonds. The number of hydrogen-bond donors (Lipinski definition) is 2. The Bertz CT molecular complexity index is 632. The number of hydrogen-bond acceptors (Lipinski definition) is 2. The molecule has 1 aromatic heterocycles. The van der Waals surface area contributed by atoms with Gasteiger partial charge in [-0.1, -0.05) is 0 Å². The van der Waals surface area contributed by atoms with Crippen LogP contribution in [-0.4, -0.2) is 23.1 Å². The van der Waals surface area contributed by atoms with Gasteiger partial charge < -0.3 is 10.3 Å². The highest BCUT2D eigenvalue weighted by Crippen LogP contribution is 2.22. The Hall–Kier alpha value is -2.43. The fourth-order valence-corrected chi connectivity index (χ4v) is 1.96. The van der Waals surface area contributed by atoms with Gasteiger partial charge in [-0.2, -0.15) is 0 Å². The fourth-order valence-electron chi connectivity index (χ4n) is 1.96. The lowest BCUT2D eigenvalue weighted by atomic mass is 10.1. The minimum absolute atomic E-state index is 0.0324. The summed E-state index contributed by atoms with van der Waals surface area (Å²) in [7, 11) is 0. The second kappa shape index (κ2) is 4.10. The van der Waals surface area contributed by atoms with Crippen molar-refractivity contribution < 1.29 is 9.18 Å². The monoisotopic (exact) mass is 243 g/mol. The predicted molar refractivity (Wildman–Crippen MR) is 66.3 cm³/mol. The number of benzene rings is 1. The summed E-state index contributed by atoms with van der Waals surface area (Å²) in [6.45, 7) is 0.0324. The molecule has 2 heterocycles. The molecule has 5 heteroatoms. The topological polar surface area (TPSA) is 57.2 Å². The SMILES string of the molecule is O=C1CN=C(c2ccc[nH]2)c2cc(F)ccc2N1. The summed E-state index contributed by atoms with van der Waals surface area (Å²) in [6.07, 6.45) is 1.76. The first-order valence-corrected chi connectivity index (χ1v) is 5.52. The fraction of sp³-hybridized carbons (Fsp3) is 0.0769. The lowest BCUT2D eigenvalue weighted by molar-refractivity contribution is -0.114. The maximum atomic E-state index is 13.4. The summed E-state index contributed by atoms with van der Waals surface area (Å²) in [5.41, 5.74) is 2.52. The third-order valence-corrected chi connectivity index (χ3v) is 2.74. The molecule has 3 rings (SSSR count). The summed E-state index contributed by atoms with van der Waals surface area (Å²) in [5, 5.41) is 2.71. The zero-order valence-corrected chi connectivity index (χ0v) is 9.40. The van der Waals surface area contributed by atoms with Crippen LogP contribution in [0.1, 0.15) is 11.3 Å². The lowest BCUT2D eigenvalue weighted by Gasteiger charge is -2.08. The molecule has 2 aromatic rings. The molecule has 1 aliphatic heterocycles. The smallest absolute Gasteiger partial charge is 0.246 e. The molecule has 0 saturated heterocycles. The highest BCUT2D eigenvalue weighted by molar-refractivity contribution is 6.18. The molecule has 0 radical (unpaired) electrons. The minimum Gasteiger partial charge on any atom is -0.360 e. The van der Waals surface area contributed by atoms with E-state index < -0.39 is 0 Å². The maximum absolute atomic E-state index is 13.4. The molecule has 0 fully saturated rings. The van der Waals surface area contributed by atoms with Crippen molar-refractivity contribution in [2.75, 3.05) is 11.9 Å². The van der Waals surface area contributed by atoms with Crippen molar-refractivity contribution in [3.05, 3.63) is 53.6 Å². The van der Waals surface area contributed by atoms with E-state index in [1.165, 1.54) is 12.1 Å². The average molecular weight is 243 g/mol. The first-order chi connectivity index (χ1) is 8.74. The van der Waals surface area contributed by atoms with Gasteiger partial charge in [0.2, 0.25) is 5.91 Å². The Labute approximate surface area is 103 Å². The number of carbonyl (C=O) groups excluding carboxylic acids is 1. The second-order valence-electron chi connectivity index (χ2n) is 3.99. The molecule has 0 unspecified atom stereocenters. The van der Waals surface area contributed by atoms with Crippen LogP contribution in [0.5, 0.6) is 0 Å². The van der Waals surface area contributed by atoms with Crippen LogP contribution in [0.3, 0.4) is 0 Å². The van der Waals surface area contributed by atoms with E-state index in [0.29, 0.717) is 17.0 Å². The first kappa shape index (κ1) is 10.7. The van der Waals surface area contributed by atoms with E-state index >= 15 is 0 Å². The summed E-state index contributed by atoms with van der Waals surface area (Å²) in [4.78, 5) is 18.8. The number of rotatable bonds is 1. The van der Waals surface area contributed by atoms with Crippen LogP contribution in [0.2, 0.25) is 0 Å². The maximum Gasteiger partial charge on any atom is 0.246 e. The molecular formula is C13H10FN3O. The predicted octanol–water partition coefficient (Wildman–Crippen LogP) is 1.94. The van der Waals surface area contributed by atoms with E-state index in [1.54, 1.807) is 12.3 Å². The largest absolute Gasteiger partial charge is 0.360 e. The number of aliphatic imine (C=N–C) groups is 1. The van der Waals surface area contributed by atoms with Crippen molar-refractivity contribution in [3.63, 3.8) is 0 Å². The summed E-state index contributed by atoms with van der Waals surface area (Å²) < 4.78 is 13.4. The van der Waals surface area contributed by atoms with Gasteiger partial charge in [0.15, 0.2) is 0 Å². The lowest BCUT2D eigenvalue weighted by Crippen LogP contribution is -2.13. The average Bonchev–Trinajstić information content (AvgIpc) is 2.81. The third kappa shape index (κ3) is 1.79. The number of halogens is 1. The van der Waals surface area contributed by atoms with E-state index in [0.717, 1.165) is 5.69 Å². The highest BCUT2D eigenvalue weighted by Gasteiger charge is 2.18. The molecule has 4 nitrogen and oxygen atoms in total. The van der Waals surface area contributed by atoms with Gasteiger partial charge >= 0.3 is 0 Å². The number of H-pyrrole nitrogens is 1. The van der Waals surface area contributed by atoms with Crippen LogP contribution in [0.25, 0.3) is 0 Å². The number of fused-ring (bicyclic) bond motifs is 1. The standard InChI is InChI=1S/C13H10FN3O/c14-8-3-4-10-9(6-8)13(11-2-1-5-15-11)16-7-12(18)17-10/h1-6,15H,7H2,(H,17,18). The molecule has 0 aliphatic carbocycles. The number of aromatic amines is 1. The van der Waals surface area contributed by atoms with Crippen LogP contribution in [-0.2, 0) is 4.79 Å². The molecule has 0 saturated carbocycles. The van der Waals surface area contributed by atoms with Gasteiger partial charge in [0.25, 0.3) is 0 Å². The number of carbonyl (C=O) groups is 1. The summed E-state index contributed by atoms with van der Waals surface area (Å²) in [5.74, 6) is -0.562. The molecule has 1 aromatic carbocycles. The van der Waals surface area contributed by atoms with Crippen LogP contribution in [0.4, 0.5) is 10.1 Å². The van der Waals surface area contributed by atoms with Crippen molar-refractivity contribution >= 4 is 17.3 Å². The van der Waals surface area contributed by atoms with Crippen LogP contribution in [0.15, 0.2) is 41.5 Å². The molecular weight excluding hydrogens is 233 g/mol. The molecule has 0 spiro atoms. The zero-order valence-electron chi connectivity index (χ0n) is 9.40. The van der Waals surface area contributed by atoms with E-state index in [2.05, 4.69) is 15.3 Å².